The Morgan fingerprint density at radius 2 is 1.82 bits per heavy atom. The average Bonchev–Trinajstić information content (AvgIpc) is 3.45. The second-order valence-electron chi connectivity index (χ2n) is 7.89. The number of nitrogens with zero attached hydrogens (tertiary/aromatic N) is 2. The number of methoxy groups -OCH3 is 2. The van der Waals surface area contributed by atoms with Crippen LogP contribution in [0.25, 0.3) is 27.3 Å². The third-order valence-electron chi connectivity index (χ3n) is 5.81. The summed E-state index contributed by atoms with van der Waals surface area (Å²) in [7, 11) is 3.09. The summed E-state index contributed by atoms with van der Waals surface area (Å²) in [4.78, 5) is 18.6. The molecule has 0 aliphatic rings. The van der Waals surface area contributed by atoms with E-state index in [0.717, 1.165) is 27.3 Å². The molecule has 5 rings (SSSR count). The number of carbonyl (C=O) groups excluding carboxylic acids is 1. The van der Waals surface area contributed by atoms with Crippen LogP contribution in [0.4, 0.5) is 5.69 Å². The molecule has 34 heavy (non-hydrogen) atoms. The van der Waals surface area contributed by atoms with E-state index in [0.29, 0.717) is 28.4 Å². The molecule has 0 bridgehead atoms. The van der Waals surface area contributed by atoms with Gasteiger partial charge in [-0.15, -0.1) is 11.3 Å². The van der Waals surface area contributed by atoms with Crippen molar-refractivity contribution < 1.29 is 14.3 Å². The van der Waals surface area contributed by atoms with E-state index in [1.807, 2.05) is 34.2 Å². The predicted octanol–water partition coefficient (Wildman–Crippen LogP) is 5.87. The van der Waals surface area contributed by atoms with Gasteiger partial charge in [-0.05, 0) is 37.3 Å². The van der Waals surface area contributed by atoms with E-state index in [9.17, 15) is 4.79 Å². The molecule has 0 radical (unpaired) electrons. The number of carbonyl (C=O) groups is 1. The van der Waals surface area contributed by atoms with Crippen molar-refractivity contribution in [2.45, 2.75) is 6.92 Å². The zero-order valence-corrected chi connectivity index (χ0v) is 19.8. The zero-order chi connectivity index (χ0) is 23.8. The van der Waals surface area contributed by atoms with Gasteiger partial charge in [0.1, 0.15) is 22.2 Å². The van der Waals surface area contributed by atoms with Crippen LogP contribution >= 0.6 is 11.3 Å². The Labute approximate surface area is 201 Å². The lowest BCUT2D eigenvalue weighted by Gasteiger charge is -2.10. The fourth-order valence-corrected chi connectivity index (χ4v) is 4.94. The molecule has 0 saturated heterocycles. The summed E-state index contributed by atoms with van der Waals surface area (Å²) in [6.07, 6.45) is 1.84. The molecule has 0 spiro atoms. The highest BCUT2D eigenvalue weighted by Crippen LogP contribution is 2.40. The topological polar surface area (TPSA) is 78.8 Å². The normalized spacial score (nSPS) is 11.0. The quantitative estimate of drug-likeness (QED) is 0.315. The van der Waals surface area contributed by atoms with E-state index < -0.39 is 0 Å². The van der Waals surface area contributed by atoms with Crippen LogP contribution in [0, 0.1) is 6.92 Å². The Kier molecular flexibility index (Phi) is 5.55. The molecule has 170 valence electrons. The number of rotatable bonds is 6. The summed E-state index contributed by atoms with van der Waals surface area (Å²) in [6.45, 7) is 2.06. The Balaban J connectivity index is 1.67. The molecule has 6 nitrogen and oxygen atoms in total. The van der Waals surface area contributed by atoms with Gasteiger partial charge in [-0.3, -0.25) is 4.79 Å². The lowest BCUT2D eigenvalue weighted by molar-refractivity contribution is 0.103. The third kappa shape index (κ3) is 3.60. The van der Waals surface area contributed by atoms with Crippen LogP contribution in [0.2, 0.25) is 0 Å². The smallest absolute Gasteiger partial charge is 0.215 e. The van der Waals surface area contributed by atoms with Crippen LogP contribution in [-0.4, -0.2) is 29.4 Å². The SMILES string of the molecule is COc1ccc(OC)c(C(=O)c2c(N)c(-c3nc(-c4ccc(C)cc4)cs3)c3ccccn23)c1. The van der Waals surface area contributed by atoms with Crippen molar-refractivity contribution in [2.75, 3.05) is 20.0 Å². The summed E-state index contributed by atoms with van der Waals surface area (Å²) < 4.78 is 12.6. The number of pyridine rings is 1. The summed E-state index contributed by atoms with van der Waals surface area (Å²) in [6, 6.07) is 19.1. The Morgan fingerprint density at radius 1 is 1.03 bits per heavy atom. The first-order valence-corrected chi connectivity index (χ1v) is 11.6. The number of aryl methyl sites for hydroxylation is 1. The van der Waals surface area contributed by atoms with Crippen LogP contribution in [-0.2, 0) is 0 Å². The average molecular weight is 470 g/mol. The van der Waals surface area contributed by atoms with E-state index in [-0.39, 0.29) is 5.78 Å². The van der Waals surface area contributed by atoms with Gasteiger partial charge >= 0.3 is 0 Å². The highest BCUT2D eigenvalue weighted by Gasteiger charge is 2.27. The second kappa shape index (κ2) is 8.68. The van der Waals surface area contributed by atoms with Crippen molar-refractivity contribution in [1.82, 2.24) is 9.38 Å². The minimum atomic E-state index is -0.254. The van der Waals surface area contributed by atoms with Gasteiger partial charge in [-0.1, -0.05) is 35.9 Å². The zero-order valence-electron chi connectivity index (χ0n) is 19.0. The van der Waals surface area contributed by atoms with Crippen LogP contribution in [0.1, 0.15) is 21.6 Å². The lowest BCUT2D eigenvalue weighted by Crippen LogP contribution is -2.09. The monoisotopic (exact) mass is 469 g/mol. The fourth-order valence-electron chi connectivity index (χ4n) is 4.05. The van der Waals surface area contributed by atoms with Gasteiger partial charge in [0.05, 0.1) is 42.2 Å². The minimum Gasteiger partial charge on any atom is -0.497 e. The Bertz CT molecular complexity index is 1520. The van der Waals surface area contributed by atoms with Gasteiger partial charge in [0, 0.05) is 17.1 Å². The Morgan fingerprint density at radius 3 is 2.56 bits per heavy atom. The molecular weight excluding hydrogens is 446 g/mol. The number of fused-ring (bicyclic) bond motifs is 1. The fraction of sp³-hybridized carbons (Fsp3) is 0.111. The molecule has 0 amide bonds. The maximum absolute atomic E-state index is 13.8. The molecule has 0 atom stereocenters. The van der Waals surface area contributed by atoms with Crippen molar-refractivity contribution in [3.63, 3.8) is 0 Å². The molecule has 2 aromatic carbocycles. The number of hydrogen-bond acceptors (Lipinski definition) is 6. The number of thiazole rings is 1. The van der Waals surface area contributed by atoms with Crippen LogP contribution in [0.5, 0.6) is 11.5 Å². The Hall–Kier alpha value is -4.10. The third-order valence-corrected chi connectivity index (χ3v) is 6.67. The van der Waals surface area contributed by atoms with Gasteiger partial charge in [-0.2, -0.15) is 0 Å². The molecular formula is C27H23N3O3S. The number of ether oxygens (including phenoxy) is 2. The number of aromatic nitrogens is 2. The molecule has 0 aliphatic carbocycles. The van der Waals surface area contributed by atoms with Gasteiger partial charge in [0.15, 0.2) is 0 Å². The molecule has 0 saturated carbocycles. The van der Waals surface area contributed by atoms with Crippen LogP contribution in [0.3, 0.4) is 0 Å². The van der Waals surface area contributed by atoms with E-state index in [1.165, 1.54) is 24.0 Å². The largest absolute Gasteiger partial charge is 0.497 e. The molecule has 2 N–H and O–H groups in total. The first-order valence-electron chi connectivity index (χ1n) is 10.7. The summed E-state index contributed by atoms with van der Waals surface area (Å²) in [5.74, 6) is 0.760. The molecule has 3 heterocycles. The second-order valence-corrected chi connectivity index (χ2v) is 8.75. The number of nitrogen functional groups attached to an aromatic ring is 1. The van der Waals surface area contributed by atoms with Crippen molar-refractivity contribution in [3.05, 3.63) is 89.1 Å². The highest BCUT2D eigenvalue weighted by atomic mass is 32.1. The molecule has 0 unspecified atom stereocenters. The van der Waals surface area contributed by atoms with E-state index in [4.69, 9.17) is 20.2 Å². The molecule has 5 aromatic rings. The van der Waals surface area contributed by atoms with Gasteiger partial charge < -0.3 is 19.6 Å². The van der Waals surface area contributed by atoms with Gasteiger partial charge in [-0.25, -0.2) is 4.98 Å². The maximum atomic E-state index is 13.8. The van der Waals surface area contributed by atoms with E-state index >= 15 is 0 Å². The molecule has 7 heteroatoms. The van der Waals surface area contributed by atoms with Crippen LogP contribution in [0.15, 0.2) is 72.2 Å². The minimum absolute atomic E-state index is 0.254. The predicted molar refractivity (Wildman–Crippen MR) is 136 cm³/mol. The number of hydrogen-bond donors (Lipinski definition) is 1. The lowest BCUT2D eigenvalue weighted by atomic mass is 10.0. The number of ketones is 1. The summed E-state index contributed by atoms with van der Waals surface area (Å²) in [5, 5.41) is 2.77. The summed E-state index contributed by atoms with van der Waals surface area (Å²) >= 11 is 1.50. The number of benzene rings is 2. The molecule has 3 aromatic heterocycles. The standard InChI is InChI=1S/C27H23N3O3S/c1-16-7-9-17(10-8-16)20-15-34-27(29-20)23-21-6-4-5-13-30(21)25(24(23)28)26(31)19-14-18(32-2)11-12-22(19)33-3/h4-15H,28H2,1-3H3. The van der Waals surface area contributed by atoms with Gasteiger partial charge in [0.25, 0.3) is 0 Å². The van der Waals surface area contributed by atoms with Crippen LogP contribution < -0.4 is 15.2 Å². The van der Waals surface area contributed by atoms with Gasteiger partial charge in [0.2, 0.25) is 5.78 Å². The van der Waals surface area contributed by atoms with Crippen molar-refractivity contribution in [1.29, 1.82) is 0 Å². The van der Waals surface area contributed by atoms with E-state index in [2.05, 4.69) is 31.2 Å². The van der Waals surface area contributed by atoms with Crippen molar-refractivity contribution in [2.24, 2.45) is 0 Å². The first kappa shape index (κ1) is 21.7. The maximum Gasteiger partial charge on any atom is 0.215 e. The van der Waals surface area contributed by atoms with Crippen molar-refractivity contribution >= 4 is 28.3 Å². The molecule has 0 fully saturated rings. The van der Waals surface area contributed by atoms with E-state index in [1.54, 1.807) is 25.3 Å². The summed E-state index contributed by atoms with van der Waals surface area (Å²) in [5.41, 5.74) is 12.5. The first-order chi connectivity index (χ1) is 16.5. The molecule has 0 aliphatic heterocycles. The number of anilines is 1. The highest BCUT2D eigenvalue weighted by molar-refractivity contribution is 7.13. The van der Waals surface area contributed by atoms with Crippen molar-refractivity contribution in [3.8, 4) is 33.3 Å². The number of nitrogens with two attached hydrogens (primary N) is 1.